The predicted octanol–water partition coefficient (Wildman–Crippen LogP) is 18.2. The zero-order valence-electron chi connectivity index (χ0n) is 43.8. The fraction of sp³-hybridized carbons (Fsp3) is 0. The lowest BCUT2D eigenvalue weighted by molar-refractivity contribution is 1.10. The number of anilines is 6. The van der Waals surface area contributed by atoms with Crippen molar-refractivity contribution >= 4 is 88.6 Å². The molecule has 5 heterocycles. The molecule has 0 aliphatic heterocycles. The molecule has 0 saturated heterocycles. The summed E-state index contributed by atoms with van der Waals surface area (Å²) in [6, 6.07) is 93.6. The number of benzene rings is 10. The van der Waals surface area contributed by atoms with Crippen LogP contribution in [0.25, 0.3) is 93.8 Å². The first-order valence-electron chi connectivity index (χ1n) is 27.1. The highest BCUT2D eigenvalue weighted by atomic mass is 16.1. The van der Waals surface area contributed by atoms with Gasteiger partial charge in [-0.2, -0.15) is 0 Å². The minimum Gasteiger partial charge on any atom is -0.316 e. The van der Waals surface area contributed by atoms with Gasteiger partial charge in [-0.25, -0.2) is 0 Å². The summed E-state index contributed by atoms with van der Waals surface area (Å²) in [6.45, 7) is 0. The number of hydrogen-bond acceptors (Lipinski definition) is 5. The highest BCUT2D eigenvalue weighted by molar-refractivity contribution is 6.11. The van der Waals surface area contributed by atoms with Crippen LogP contribution in [0.1, 0.15) is 0 Å². The molecule has 0 N–H and O–H groups in total. The van der Waals surface area contributed by atoms with E-state index in [1.54, 1.807) is 6.07 Å². The molecule has 0 fully saturated rings. The number of rotatable bonds is 11. The summed E-state index contributed by atoms with van der Waals surface area (Å²) in [5, 5.41) is 5.06. The molecular weight excluding hydrogens is 991 g/mol. The van der Waals surface area contributed by atoms with Gasteiger partial charge in [0.05, 0.1) is 27.6 Å². The summed E-state index contributed by atoms with van der Waals surface area (Å²) < 4.78 is 6.80. The lowest BCUT2D eigenvalue weighted by Gasteiger charge is -2.25. The molecule has 15 rings (SSSR count). The smallest absolute Gasteiger partial charge is 0.189 e. The van der Waals surface area contributed by atoms with E-state index in [-0.39, 0.29) is 5.43 Å². The van der Waals surface area contributed by atoms with Crippen LogP contribution in [0, 0.1) is 0 Å². The SMILES string of the molecule is O=c1ccn(-c2cc(-c3ccc(-n4c5ccncc5c5cc(N(c6ccccc6)c6ccccc6)ccc54)cc3)cc(-c3ccc(-n4c5ccncc5c5cc(N(c6ccccc6)c6ccccc6)ccc54)cc3)c2)c2ccccc12. The van der Waals surface area contributed by atoms with Crippen LogP contribution in [0.2, 0.25) is 0 Å². The van der Waals surface area contributed by atoms with Crippen molar-refractivity contribution in [2.45, 2.75) is 0 Å². The second-order valence-electron chi connectivity index (χ2n) is 20.3. The first-order valence-corrected chi connectivity index (χ1v) is 27.1. The van der Waals surface area contributed by atoms with Crippen molar-refractivity contribution in [3.63, 3.8) is 0 Å². The van der Waals surface area contributed by atoms with Gasteiger partial charge in [0.1, 0.15) is 0 Å². The van der Waals surface area contributed by atoms with Crippen molar-refractivity contribution in [3.05, 3.63) is 308 Å². The molecule has 0 bridgehead atoms. The normalized spacial score (nSPS) is 11.5. The van der Waals surface area contributed by atoms with Gasteiger partial charge < -0.3 is 23.5 Å². The summed E-state index contributed by atoms with van der Waals surface area (Å²) in [7, 11) is 0. The predicted molar refractivity (Wildman–Crippen MR) is 334 cm³/mol. The minimum absolute atomic E-state index is 0.00651. The molecule has 0 unspecified atom stereocenters. The van der Waals surface area contributed by atoms with Gasteiger partial charge in [-0.15, -0.1) is 0 Å². The van der Waals surface area contributed by atoms with Gasteiger partial charge in [-0.3, -0.25) is 14.8 Å². The van der Waals surface area contributed by atoms with E-state index in [4.69, 9.17) is 0 Å². The van der Waals surface area contributed by atoms with E-state index in [0.29, 0.717) is 5.39 Å². The van der Waals surface area contributed by atoms with Gasteiger partial charge in [0.2, 0.25) is 0 Å². The molecule has 81 heavy (non-hydrogen) atoms. The molecule has 0 atom stereocenters. The average molecular weight is 1040 g/mol. The summed E-state index contributed by atoms with van der Waals surface area (Å²) >= 11 is 0. The van der Waals surface area contributed by atoms with Crippen molar-refractivity contribution in [1.82, 2.24) is 23.7 Å². The Balaban J connectivity index is 0.823. The third-order valence-electron chi connectivity index (χ3n) is 15.6. The molecule has 10 aromatic carbocycles. The molecule has 382 valence electrons. The number of hydrogen-bond donors (Lipinski definition) is 0. The summed E-state index contributed by atoms with van der Waals surface area (Å²) in [5.41, 5.74) is 18.9. The molecule has 0 saturated carbocycles. The standard InChI is InChI=1S/C73H49N7O/c81-73-39-42-76(68-24-14-13-23-63(68)73)62-44-52(50-25-29-58(30-26-50)79-69-35-33-60(46-64(69)66-48-74-40-37-71(66)79)77(54-15-5-1-6-16-54)55-17-7-2-8-18-55)43-53(45-62)51-27-31-59(32-28-51)80-70-36-34-61(47-65(70)67-49-75-41-38-72(67)80)78(56-19-9-3-10-20-56)57-21-11-4-12-22-57/h1-49H. The van der Waals surface area contributed by atoms with Crippen LogP contribution in [0.15, 0.2) is 303 Å². The van der Waals surface area contributed by atoms with Gasteiger partial charge in [-0.1, -0.05) is 109 Å². The van der Waals surface area contributed by atoms with Crippen LogP contribution < -0.4 is 15.2 Å². The van der Waals surface area contributed by atoms with Crippen LogP contribution in [0.4, 0.5) is 34.1 Å². The number of nitrogens with zero attached hydrogens (tertiary/aromatic N) is 7. The van der Waals surface area contributed by atoms with E-state index < -0.39 is 0 Å². The van der Waals surface area contributed by atoms with E-state index in [0.717, 1.165) is 123 Å². The first kappa shape index (κ1) is 47.1. The fourth-order valence-corrected chi connectivity index (χ4v) is 11.9. The van der Waals surface area contributed by atoms with Crippen LogP contribution in [-0.2, 0) is 0 Å². The van der Waals surface area contributed by atoms with E-state index >= 15 is 0 Å². The average Bonchev–Trinajstić information content (AvgIpc) is 4.07. The van der Waals surface area contributed by atoms with E-state index in [1.165, 1.54) is 0 Å². The zero-order chi connectivity index (χ0) is 53.8. The topological polar surface area (TPSA) is 64.1 Å². The number of pyridine rings is 3. The number of fused-ring (bicyclic) bond motifs is 7. The van der Waals surface area contributed by atoms with Crippen molar-refractivity contribution in [1.29, 1.82) is 0 Å². The third kappa shape index (κ3) is 8.29. The third-order valence-corrected chi connectivity index (χ3v) is 15.6. The molecular formula is C73H49N7O. The van der Waals surface area contributed by atoms with Crippen LogP contribution in [0.3, 0.4) is 0 Å². The Bertz CT molecular complexity index is 4540. The molecule has 0 radical (unpaired) electrons. The van der Waals surface area contributed by atoms with Crippen LogP contribution in [-0.4, -0.2) is 23.7 Å². The van der Waals surface area contributed by atoms with Crippen LogP contribution in [0.5, 0.6) is 0 Å². The Kier molecular flexibility index (Phi) is 11.5. The lowest BCUT2D eigenvalue weighted by Crippen LogP contribution is -2.09. The molecule has 0 aliphatic rings. The summed E-state index contributed by atoms with van der Waals surface area (Å²) in [5.74, 6) is 0. The maximum atomic E-state index is 13.2. The quantitative estimate of drug-likeness (QED) is 0.129. The van der Waals surface area contributed by atoms with Gasteiger partial charge in [0.15, 0.2) is 5.43 Å². The monoisotopic (exact) mass is 1040 g/mol. The highest BCUT2D eigenvalue weighted by Crippen LogP contribution is 2.42. The molecule has 5 aromatic heterocycles. The van der Waals surface area contributed by atoms with Gasteiger partial charge in [0, 0.05) is 115 Å². The summed E-state index contributed by atoms with van der Waals surface area (Å²) in [4.78, 5) is 27.1. The Labute approximate surface area is 467 Å². The number of para-hydroxylation sites is 5. The zero-order valence-corrected chi connectivity index (χ0v) is 43.8. The molecule has 0 spiro atoms. The van der Waals surface area contributed by atoms with Crippen molar-refractivity contribution < 1.29 is 0 Å². The number of aromatic nitrogens is 5. The first-order chi connectivity index (χ1) is 40.1. The van der Waals surface area contributed by atoms with Crippen molar-refractivity contribution in [2.75, 3.05) is 9.80 Å². The Morgan fingerprint density at radius 1 is 0.284 bits per heavy atom. The Hall–Kier alpha value is -11.1. The summed E-state index contributed by atoms with van der Waals surface area (Å²) in [6.07, 6.45) is 9.59. The molecule has 8 nitrogen and oxygen atoms in total. The molecule has 0 amide bonds. The lowest BCUT2D eigenvalue weighted by atomic mass is 9.97. The molecule has 0 aliphatic carbocycles. The Morgan fingerprint density at radius 3 is 1.14 bits per heavy atom. The largest absolute Gasteiger partial charge is 0.316 e. The van der Waals surface area contributed by atoms with E-state index in [1.807, 2.05) is 55.2 Å². The van der Waals surface area contributed by atoms with Gasteiger partial charge in [-0.05, 0) is 174 Å². The second-order valence-corrected chi connectivity index (χ2v) is 20.3. The van der Waals surface area contributed by atoms with Gasteiger partial charge in [0.25, 0.3) is 0 Å². The van der Waals surface area contributed by atoms with Gasteiger partial charge >= 0.3 is 0 Å². The van der Waals surface area contributed by atoms with Crippen molar-refractivity contribution in [2.24, 2.45) is 0 Å². The van der Waals surface area contributed by atoms with Crippen LogP contribution >= 0.6 is 0 Å². The van der Waals surface area contributed by atoms with Crippen molar-refractivity contribution in [3.8, 4) is 39.3 Å². The molecule has 15 aromatic rings. The highest BCUT2D eigenvalue weighted by Gasteiger charge is 2.21. The second kappa shape index (κ2) is 19.7. The molecule has 8 heteroatoms. The maximum absolute atomic E-state index is 13.2. The van der Waals surface area contributed by atoms with E-state index in [2.05, 4.69) is 270 Å². The maximum Gasteiger partial charge on any atom is 0.189 e. The van der Waals surface area contributed by atoms with E-state index in [9.17, 15) is 4.79 Å². The fourth-order valence-electron chi connectivity index (χ4n) is 11.9. The Morgan fingerprint density at radius 2 is 0.691 bits per heavy atom. The minimum atomic E-state index is -0.00651.